The number of piperidine rings is 1. The number of hydrogen-bond donors (Lipinski definition) is 1. The Labute approximate surface area is 120 Å². The van der Waals surface area contributed by atoms with Crippen molar-refractivity contribution in [2.24, 2.45) is 11.7 Å². The first kappa shape index (κ1) is 15.0. The highest BCUT2D eigenvalue weighted by atomic mass is 32.2. The largest absolute Gasteiger partial charge is 0.330 e. The van der Waals surface area contributed by atoms with Crippen LogP contribution in [0.5, 0.6) is 0 Å². The number of benzene rings is 1. The van der Waals surface area contributed by atoms with Crippen LogP contribution in [0.25, 0.3) is 0 Å². The molecule has 0 saturated carbocycles. The summed E-state index contributed by atoms with van der Waals surface area (Å²) in [6.07, 6.45) is 1.78. The third kappa shape index (κ3) is 2.85. The quantitative estimate of drug-likeness (QED) is 0.910. The van der Waals surface area contributed by atoms with Crippen molar-refractivity contribution in [1.29, 1.82) is 5.26 Å². The molecule has 1 aliphatic rings. The molecule has 0 spiro atoms. The van der Waals surface area contributed by atoms with E-state index in [0.29, 0.717) is 18.7 Å². The second-order valence-corrected chi connectivity index (χ2v) is 7.13. The average Bonchev–Trinajstić information content (AvgIpc) is 2.47. The minimum atomic E-state index is -3.56. The lowest BCUT2D eigenvalue weighted by molar-refractivity contribution is 0.211. The van der Waals surface area contributed by atoms with E-state index in [-0.39, 0.29) is 16.9 Å². The Morgan fingerprint density at radius 2 is 2.20 bits per heavy atom. The Bertz CT molecular complexity index is 622. The first-order valence-corrected chi connectivity index (χ1v) is 8.15. The van der Waals surface area contributed by atoms with E-state index in [9.17, 15) is 8.42 Å². The van der Waals surface area contributed by atoms with Gasteiger partial charge in [-0.05, 0) is 50.4 Å². The monoisotopic (exact) mass is 293 g/mol. The molecule has 1 fully saturated rings. The molecule has 5 nitrogen and oxygen atoms in total. The molecule has 0 aromatic heterocycles. The number of nitrogens with two attached hydrogens (primary N) is 1. The fraction of sp³-hybridized carbons (Fsp3) is 0.500. The first-order chi connectivity index (χ1) is 9.48. The minimum absolute atomic E-state index is 0.0338. The summed E-state index contributed by atoms with van der Waals surface area (Å²) in [6.45, 7) is 2.87. The predicted octanol–water partition coefficient (Wildman–Crippen LogP) is 1.31. The molecule has 20 heavy (non-hydrogen) atoms. The number of nitriles is 1. The van der Waals surface area contributed by atoms with Gasteiger partial charge in [-0.15, -0.1) is 0 Å². The van der Waals surface area contributed by atoms with Gasteiger partial charge in [0.05, 0.1) is 16.5 Å². The highest BCUT2D eigenvalue weighted by Crippen LogP contribution is 2.27. The Kier molecular flexibility index (Phi) is 4.43. The van der Waals surface area contributed by atoms with Gasteiger partial charge in [0.15, 0.2) is 0 Å². The molecule has 2 atom stereocenters. The minimum Gasteiger partial charge on any atom is -0.330 e. The standard InChI is InChI=1S/C14H19N3O2S/c1-11-5-6-13(9-16)10-17(11)20(18,19)14-4-2-3-12(7-14)8-15/h2-4,7,11,13H,5-6,9-10,16H2,1H3. The molecule has 6 heteroatoms. The fourth-order valence-electron chi connectivity index (χ4n) is 2.54. The molecule has 1 aromatic rings. The zero-order chi connectivity index (χ0) is 14.8. The second kappa shape index (κ2) is 5.92. The fourth-order valence-corrected chi connectivity index (χ4v) is 4.32. The van der Waals surface area contributed by atoms with Crippen molar-refractivity contribution in [3.8, 4) is 6.07 Å². The maximum absolute atomic E-state index is 12.7. The summed E-state index contributed by atoms with van der Waals surface area (Å²) in [5, 5.41) is 8.90. The molecule has 1 saturated heterocycles. The van der Waals surface area contributed by atoms with Crippen molar-refractivity contribution in [2.45, 2.75) is 30.7 Å². The van der Waals surface area contributed by atoms with Crippen molar-refractivity contribution >= 4 is 10.0 Å². The van der Waals surface area contributed by atoms with Gasteiger partial charge >= 0.3 is 0 Å². The molecular formula is C14H19N3O2S. The first-order valence-electron chi connectivity index (χ1n) is 6.71. The van der Waals surface area contributed by atoms with Crippen molar-refractivity contribution in [1.82, 2.24) is 4.31 Å². The van der Waals surface area contributed by atoms with Gasteiger partial charge in [0.25, 0.3) is 0 Å². The predicted molar refractivity (Wildman–Crippen MR) is 76.3 cm³/mol. The molecular weight excluding hydrogens is 274 g/mol. The van der Waals surface area contributed by atoms with Gasteiger partial charge in [0.2, 0.25) is 10.0 Å². The zero-order valence-corrected chi connectivity index (χ0v) is 12.3. The maximum Gasteiger partial charge on any atom is 0.243 e. The van der Waals surface area contributed by atoms with E-state index in [1.807, 2.05) is 13.0 Å². The normalized spacial score (nSPS) is 24.2. The summed E-state index contributed by atoms with van der Waals surface area (Å²) in [7, 11) is -3.56. The average molecular weight is 293 g/mol. The third-order valence-corrected chi connectivity index (χ3v) is 5.80. The molecule has 1 heterocycles. The summed E-state index contributed by atoms with van der Waals surface area (Å²) < 4.78 is 26.9. The van der Waals surface area contributed by atoms with E-state index in [2.05, 4.69) is 0 Å². The van der Waals surface area contributed by atoms with E-state index in [1.165, 1.54) is 16.4 Å². The van der Waals surface area contributed by atoms with Gasteiger partial charge in [-0.2, -0.15) is 9.57 Å². The van der Waals surface area contributed by atoms with Crippen LogP contribution in [0.15, 0.2) is 29.2 Å². The summed E-state index contributed by atoms with van der Waals surface area (Å²) in [5.41, 5.74) is 6.03. The molecule has 0 aliphatic carbocycles. The number of nitrogens with zero attached hydrogens (tertiary/aromatic N) is 2. The lowest BCUT2D eigenvalue weighted by atomic mass is 9.96. The van der Waals surface area contributed by atoms with Crippen LogP contribution in [0.2, 0.25) is 0 Å². The van der Waals surface area contributed by atoms with E-state index >= 15 is 0 Å². The van der Waals surface area contributed by atoms with Gasteiger partial charge in [-0.3, -0.25) is 0 Å². The van der Waals surface area contributed by atoms with Crippen molar-refractivity contribution < 1.29 is 8.42 Å². The molecule has 1 aromatic carbocycles. The van der Waals surface area contributed by atoms with Crippen LogP contribution in [0, 0.1) is 17.2 Å². The van der Waals surface area contributed by atoms with Crippen molar-refractivity contribution in [2.75, 3.05) is 13.1 Å². The van der Waals surface area contributed by atoms with E-state index in [1.54, 1.807) is 12.1 Å². The zero-order valence-electron chi connectivity index (χ0n) is 11.5. The Morgan fingerprint density at radius 1 is 1.45 bits per heavy atom. The molecule has 2 unspecified atom stereocenters. The summed E-state index contributed by atoms with van der Waals surface area (Å²) >= 11 is 0. The van der Waals surface area contributed by atoms with Crippen molar-refractivity contribution in [3.05, 3.63) is 29.8 Å². The summed E-state index contributed by atoms with van der Waals surface area (Å²) in [5.74, 6) is 0.208. The van der Waals surface area contributed by atoms with Crippen molar-refractivity contribution in [3.63, 3.8) is 0 Å². The van der Waals surface area contributed by atoms with Crippen LogP contribution in [0.3, 0.4) is 0 Å². The molecule has 1 aliphatic heterocycles. The number of rotatable bonds is 3. The SMILES string of the molecule is CC1CCC(CN)CN1S(=O)(=O)c1cccc(C#N)c1. The van der Waals surface area contributed by atoms with Crippen LogP contribution in [-0.2, 0) is 10.0 Å². The van der Waals surface area contributed by atoms with E-state index < -0.39 is 10.0 Å². The number of sulfonamides is 1. The van der Waals surface area contributed by atoms with E-state index in [4.69, 9.17) is 11.0 Å². The topological polar surface area (TPSA) is 87.2 Å². The number of hydrogen-bond acceptors (Lipinski definition) is 4. The maximum atomic E-state index is 12.7. The molecule has 0 amide bonds. The van der Waals surface area contributed by atoms with Crippen LogP contribution >= 0.6 is 0 Å². The van der Waals surface area contributed by atoms with Gasteiger partial charge in [0, 0.05) is 12.6 Å². The van der Waals surface area contributed by atoms with Crippen LogP contribution in [0.4, 0.5) is 0 Å². The van der Waals surface area contributed by atoms with Gasteiger partial charge in [-0.1, -0.05) is 6.07 Å². The Hall–Kier alpha value is -1.42. The second-order valence-electron chi connectivity index (χ2n) is 5.24. The lowest BCUT2D eigenvalue weighted by Crippen LogP contribution is -2.46. The van der Waals surface area contributed by atoms with Crippen LogP contribution in [0.1, 0.15) is 25.3 Å². The third-order valence-electron chi connectivity index (χ3n) is 3.83. The summed E-state index contributed by atoms with van der Waals surface area (Å²) in [6, 6.07) is 8.09. The Morgan fingerprint density at radius 3 is 2.85 bits per heavy atom. The van der Waals surface area contributed by atoms with Crippen LogP contribution in [-0.4, -0.2) is 31.9 Å². The van der Waals surface area contributed by atoms with Gasteiger partial charge < -0.3 is 5.73 Å². The van der Waals surface area contributed by atoms with Gasteiger partial charge in [-0.25, -0.2) is 8.42 Å². The highest BCUT2D eigenvalue weighted by molar-refractivity contribution is 7.89. The highest BCUT2D eigenvalue weighted by Gasteiger charge is 2.34. The molecule has 2 rings (SSSR count). The molecule has 0 radical (unpaired) electrons. The molecule has 2 N–H and O–H groups in total. The van der Waals surface area contributed by atoms with Crippen LogP contribution < -0.4 is 5.73 Å². The Balaban J connectivity index is 2.35. The lowest BCUT2D eigenvalue weighted by Gasteiger charge is -2.36. The summed E-state index contributed by atoms with van der Waals surface area (Å²) in [4.78, 5) is 0.182. The molecule has 108 valence electrons. The van der Waals surface area contributed by atoms with E-state index in [0.717, 1.165) is 12.8 Å². The molecule has 0 bridgehead atoms. The smallest absolute Gasteiger partial charge is 0.243 e. The van der Waals surface area contributed by atoms with Gasteiger partial charge in [0.1, 0.15) is 0 Å².